The maximum Gasteiger partial charge on any atom is 0.136 e. The van der Waals surface area contributed by atoms with E-state index in [-0.39, 0.29) is 13.2 Å². The summed E-state index contributed by atoms with van der Waals surface area (Å²) in [7, 11) is 0. The lowest BCUT2D eigenvalue weighted by molar-refractivity contribution is -0.00147. The number of ether oxygens (including phenoxy) is 1. The molecule has 0 aliphatic rings. The van der Waals surface area contributed by atoms with Gasteiger partial charge < -0.3 is 15.6 Å². The molecule has 1 atom stereocenters. The maximum atomic E-state index is 10.7. The van der Waals surface area contributed by atoms with Crippen molar-refractivity contribution in [2.45, 2.75) is 25.4 Å². The molecule has 112 valence electrons. The molecule has 0 spiro atoms. The predicted octanol–water partition coefficient (Wildman–Crippen LogP) is 3.04. The van der Waals surface area contributed by atoms with E-state index in [0.717, 1.165) is 11.3 Å². The second-order valence-corrected chi connectivity index (χ2v) is 5.62. The van der Waals surface area contributed by atoms with Gasteiger partial charge in [0.2, 0.25) is 0 Å². The largest absolute Gasteiger partial charge is 0.490 e. The van der Waals surface area contributed by atoms with Gasteiger partial charge in [0.05, 0.1) is 0 Å². The van der Waals surface area contributed by atoms with Crippen LogP contribution < -0.4 is 10.5 Å². The van der Waals surface area contributed by atoms with Crippen LogP contribution in [0.4, 0.5) is 0 Å². The molecular formula is C18H23NO2. The van der Waals surface area contributed by atoms with Gasteiger partial charge >= 0.3 is 0 Å². The Hall–Kier alpha value is -1.84. The Morgan fingerprint density at radius 1 is 1.10 bits per heavy atom. The average Bonchev–Trinajstić information content (AvgIpc) is 2.53. The standard InChI is InChI=1S/C18H23NO2/c1-14(2)15-7-6-10-17(11-15)21-13-18(20,12-19)16-8-4-3-5-9-16/h3-11,14,20H,12-13,19H2,1-2H3. The molecular weight excluding hydrogens is 262 g/mol. The maximum absolute atomic E-state index is 10.7. The highest BCUT2D eigenvalue weighted by atomic mass is 16.5. The van der Waals surface area contributed by atoms with Crippen molar-refractivity contribution in [1.29, 1.82) is 0 Å². The Bertz CT molecular complexity index is 568. The molecule has 0 aliphatic heterocycles. The molecule has 2 aromatic rings. The van der Waals surface area contributed by atoms with Crippen molar-refractivity contribution in [3.63, 3.8) is 0 Å². The summed E-state index contributed by atoms with van der Waals surface area (Å²) in [6.07, 6.45) is 0. The van der Waals surface area contributed by atoms with Crippen LogP contribution in [0.15, 0.2) is 54.6 Å². The highest BCUT2D eigenvalue weighted by Crippen LogP contribution is 2.24. The van der Waals surface area contributed by atoms with E-state index in [0.29, 0.717) is 5.92 Å². The van der Waals surface area contributed by atoms with Gasteiger partial charge in [-0.2, -0.15) is 0 Å². The number of benzene rings is 2. The van der Waals surface area contributed by atoms with Gasteiger partial charge in [0, 0.05) is 6.54 Å². The molecule has 0 aromatic heterocycles. The lowest BCUT2D eigenvalue weighted by Crippen LogP contribution is -2.40. The fourth-order valence-electron chi connectivity index (χ4n) is 2.17. The molecule has 0 heterocycles. The van der Waals surface area contributed by atoms with Crippen LogP contribution >= 0.6 is 0 Å². The van der Waals surface area contributed by atoms with Gasteiger partial charge in [-0.25, -0.2) is 0 Å². The van der Waals surface area contributed by atoms with Crippen molar-refractivity contribution in [2.75, 3.05) is 13.2 Å². The molecule has 2 aromatic carbocycles. The third-order valence-corrected chi connectivity index (χ3v) is 3.65. The van der Waals surface area contributed by atoms with Crippen LogP contribution in [-0.2, 0) is 5.60 Å². The number of hydrogen-bond donors (Lipinski definition) is 2. The van der Waals surface area contributed by atoms with Crippen LogP contribution in [0, 0.1) is 0 Å². The van der Waals surface area contributed by atoms with Gasteiger partial charge in [-0.15, -0.1) is 0 Å². The third-order valence-electron chi connectivity index (χ3n) is 3.65. The Morgan fingerprint density at radius 2 is 1.81 bits per heavy atom. The molecule has 0 amide bonds. The highest BCUT2D eigenvalue weighted by Gasteiger charge is 2.28. The van der Waals surface area contributed by atoms with Crippen LogP contribution in [-0.4, -0.2) is 18.3 Å². The predicted molar refractivity (Wildman–Crippen MR) is 85.4 cm³/mol. The zero-order chi connectivity index (χ0) is 15.3. The summed E-state index contributed by atoms with van der Waals surface area (Å²) in [5.74, 6) is 1.19. The molecule has 2 rings (SSSR count). The lowest BCUT2D eigenvalue weighted by Gasteiger charge is -2.27. The summed E-state index contributed by atoms with van der Waals surface area (Å²) in [6.45, 7) is 4.52. The van der Waals surface area contributed by atoms with E-state index in [1.165, 1.54) is 5.56 Å². The average molecular weight is 285 g/mol. The van der Waals surface area contributed by atoms with Crippen LogP contribution in [0.25, 0.3) is 0 Å². The second kappa shape index (κ2) is 6.74. The Morgan fingerprint density at radius 3 is 2.43 bits per heavy atom. The minimum atomic E-state index is -1.17. The number of aliphatic hydroxyl groups is 1. The van der Waals surface area contributed by atoms with Crippen molar-refractivity contribution >= 4 is 0 Å². The van der Waals surface area contributed by atoms with E-state index in [2.05, 4.69) is 19.9 Å². The van der Waals surface area contributed by atoms with E-state index in [1.807, 2.05) is 48.5 Å². The van der Waals surface area contributed by atoms with Crippen molar-refractivity contribution in [2.24, 2.45) is 5.73 Å². The van der Waals surface area contributed by atoms with Crippen molar-refractivity contribution in [3.05, 3.63) is 65.7 Å². The molecule has 0 saturated heterocycles. The third kappa shape index (κ3) is 3.84. The van der Waals surface area contributed by atoms with E-state index in [1.54, 1.807) is 0 Å². The quantitative estimate of drug-likeness (QED) is 0.857. The van der Waals surface area contributed by atoms with Crippen LogP contribution in [0.1, 0.15) is 30.9 Å². The molecule has 0 fully saturated rings. The van der Waals surface area contributed by atoms with Crippen LogP contribution in [0.2, 0.25) is 0 Å². The summed E-state index contributed by atoms with van der Waals surface area (Å²) in [6, 6.07) is 17.3. The molecule has 1 unspecified atom stereocenters. The van der Waals surface area contributed by atoms with E-state index < -0.39 is 5.60 Å². The second-order valence-electron chi connectivity index (χ2n) is 5.62. The SMILES string of the molecule is CC(C)c1cccc(OCC(O)(CN)c2ccccc2)c1. The molecule has 3 nitrogen and oxygen atoms in total. The summed E-state index contributed by atoms with van der Waals surface area (Å²) in [4.78, 5) is 0. The minimum absolute atomic E-state index is 0.112. The van der Waals surface area contributed by atoms with Gasteiger partial charge in [0.1, 0.15) is 18.0 Å². The Labute approximate surface area is 126 Å². The van der Waals surface area contributed by atoms with Gasteiger partial charge in [-0.3, -0.25) is 0 Å². The Balaban J connectivity index is 2.12. The molecule has 21 heavy (non-hydrogen) atoms. The molecule has 3 heteroatoms. The first-order valence-electron chi connectivity index (χ1n) is 7.26. The first kappa shape index (κ1) is 15.5. The monoisotopic (exact) mass is 285 g/mol. The molecule has 0 bridgehead atoms. The van der Waals surface area contributed by atoms with Gasteiger partial charge in [0.25, 0.3) is 0 Å². The summed E-state index contributed by atoms with van der Waals surface area (Å²) >= 11 is 0. The van der Waals surface area contributed by atoms with Crippen molar-refractivity contribution < 1.29 is 9.84 Å². The Kier molecular flexibility index (Phi) is 4.99. The summed E-state index contributed by atoms with van der Waals surface area (Å²) in [5, 5.41) is 10.7. The molecule has 0 radical (unpaired) electrons. The number of rotatable bonds is 6. The minimum Gasteiger partial charge on any atom is -0.490 e. The van der Waals surface area contributed by atoms with Crippen LogP contribution in [0.3, 0.4) is 0 Å². The fourth-order valence-corrected chi connectivity index (χ4v) is 2.17. The number of nitrogens with two attached hydrogens (primary N) is 1. The lowest BCUT2D eigenvalue weighted by atomic mass is 9.95. The highest BCUT2D eigenvalue weighted by molar-refractivity contribution is 5.31. The van der Waals surface area contributed by atoms with Gasteiger partial charge in [-0.05, 0) is 29.2 Å². The smallest absolute Gasteiger partial charge is 0.136 e. The first-order valence-corrected chi connectivity index (χ1v) is 7.26. The van der Waals surface area contributed by atoms with Gasteiger partial charge in [0.15, 0.2) is 0 Å². The van der Waals surface area contributed by atoms with E-state index in [4.69, 9.17) is 10.5 Å². The van der Waals surface area contributed by atoms with E-state index >= 15 is 0 Å². The summed E-state index contributed by atoms with van der Waals surface area (Å²) in [5.41, 5.74) is 6.56. The zero-order valence-corrected chi connectivity index (χ0v) is 12.6. The number of hydrogen-bond acceptors (Lipinski definition) is 3. The molecule has 3 N–H and O–H groups in total. The van der Waals surface area contributed by atoms with E-state index in [9.17, 15) is 5.11 Å². The van der Waals surface area contributed by atoms with Crippen LogP contribution in [0.5, 0.6) is 5.75 Å². The van der Waals surface area contributed by atoms with Gasteiger partial charge in [-0.1, -0.05) is 56.3 Å². The summed E-state index contributed by atoms with van der Waals surface area (Å²) < 4.78 is 5.78. The zero-order valence-electron chi connectivity index (χ0n) is 12.6. The first-order chi connectivity index (χ1) is 10.0. The topological polar surface area (TPSA) is 55.5 Å². The molecule has 0 aliphatic carbocycles. The van der Waals surface area contributed by atoms with Crippen molar-refractivity contribution in [3.8, 4) is 5.75 Å². The molecule has 0 saturated carbocycles. The normalized spacial score (nSPS) is 14.0. The van der Waals surface area contributed by atoms with Crippen molar-refractivity contribution in [1.82, 2.24) is 0 Å². The fraction of sp³-hybridized carbons (Fsp3) is 0.333.